The minimum absolute atomic E-state index is 0.159. The summed E-state index contributed by atoms with van der Waals surface area (Å²) in [5, 5.41) is 5.21. The number of nitrogens with zero attached hydrogens (tertiary/aromatic N) is 3. The van der Waals surface area contributed by atoms with E-state index in [1.807, 2.05) is 6.07 Å². The molecule has 0 atom stereocenters. The van der Waals surface area contributed by atoms with Gasteiger partial charge in [0.15, 0.2) is 5.65 Å². The first-order chi connectivity index (χ1) is 11.6. The molecule has 1 N–H and O–H groups in total. The predicted octanol–water partition coefficient (Wildman–Crippen LogP) is 3.90. The first kappa shape index (κ1) is 15.2. The highest BCUT2D eigenvalue weighted by Crippen LogP contribution is 2.33. The lowest BCUT2D eigenvalue weighted by Gasteiger charge is -2.09. The van der Waals surface area contributed by atoms with E-state index in [1.54, 1.807) is 11.3 Å². The molecule has 0 saturated heterocycles. The molecular formula is C17H15ClN4OS. The minimum Gasteiger partial charge on any atom is -0.317 e. The quantitative estimate of drug-likeness (QED) is 0.565. The molecule has 0 spiro atoms. The van der Waals surface area contributed by atoms with Crippen molar-refractivity contribution in [2.24, 2.45) is 0 Å². The van der Waals surface area contributed by atoms with Crippen LogP contribution < -0.4 is 5.56 Å². The molecule has 4 aromatic heterocycles. The van der Waals surface area contributed by atoms with Gasteiger partial charge in [-0.3, -0.25) is 9.89 Å². The summed E-state index contributed by atoms with van der Waals surface area (Å²) in [5.74, 6) is 0.220. The lowest BCUT2D eigenvalue weighted by molar-refractivity contribution is 0.890. The van der Waals surface area contributed by atoms with Gasteiger partial charge in [-0.1, -0.05) is 0 Å². The molecule has 0 aliphatic rings. The molecule has 0 radical (unpaired) electrons. The van der Waals surface area contributed by atoms with Gasteiger partial charge in [0, 0.05) is 23.5 Å². The summed E-state index contributed by atoms with van der Waals surface area (Å²) >= 11 is 7.44. The van der Waals surface area contributed by atoms with Gasteiger partial charge < -0.3 is 4.57 Å². The molecule has 4 aromatic rings. The molecule has 0 aliphatic heterocycles. The van der Waals surface area contributed by atoms with E-state index in [0.29, 0.717) is 11.3 Å². The second-order valence-electron chi connectivity index (χ2n) is 5.67. The van der Waals surface area contributed by atoms with Crippen LogP contribution in [0, 0.1) is 13.8 Å². The van der Waals surface area contributed by atoms with E-state index in [9.17, 15) is 4.79 Å². The number of aromatic amines is 1. The van der Waals surface area contributed by atoms with Crippen LogP contribution in [-0.4, -0.2) is 19.2 Å². The van der Waals surface area contributed by atoms with Gasteiger partial charge in [-0.2, -0.15) is 0 Å². The summed E-state index contributed by atoms with van der Waals surface area (Å²) in [6.07, 6.45) is 0. The summed E-state index contributed by atoms with van der Waals surface area (Å²) in [4.78, 5) is 17.7. The van der Waals surface area contributed by atoms with Gasteiger partial charge in [0.25, 0.3) is 5.56 Å². The number of H-pyrrole nitrogens is 1. The third-order valence-corrected chi connectivity index (χ3v) is 5.25. The van der Waals surface area contributed by atoms with E-state index in [4.69, 9.17) is 11.6 Å². The Morgan fingerprint density at radius 1 is 1.21 bits per heavy atom. The normalized spacial score (nSPS) is 11.5. The van der Waals surface area contributed by atoms with Crippen LogP contribution in [0.5, 0.6) is 0 Å². The molecule has 5 nitrogen and oxygen atoms in total. The Balaban J connectivity index is 1.92. The van der Waals surface area contributed by atoms with Crippen LogP contribution in [0.25, 0.3) is 21.9 Å². The van der Waals surface area contributed by atoms with Crippen molar-refractivity contribution in [3.05, 3.63) is 63.1 Å². The molecular weight excluding hydrogens is 344 g/mol. The predicted molar refractivity (Wildman–Crippen MR) is 97.5 cm³/mol. The standard InChI is InChI=1S/C17H15ClN4OS/c1-10-3-4-11(2)21(10)14-5-6-24-17(14)13-8-15-19-12(9-18)7-16(23)22(15)20-13/h3-8,20H,9H2,1-2H3. The van der Waals surface area contributed by atoms with Gasteiger partial charge in [0.1, 0.15) is 0 Å². The average molecular weight is 359 g/mol. The molecule has 0 bridgehead atoms. The van der Waals surface area contributed by atoms with Gasteiger partial charge in [0.05, 0.1) is 27.8 Å². The maximum atomic E-state index is 12.2. The summed E-state index contributed by atoms with van der Waals surface area (Å²) < 4.78 is 3.65. The SMILES string of the molecule is Cc1ccc(C)n1-c1ccsc1-c1cc2nc(CCl)cc(=O)n2[nH]1. The van der Waals surface area contributed by atoms with Crippen LogP contribution in [0.4, 0.5) is 0 Å². The highest BCUT2D eigenvalue weighted by Gasteiger charge is 2.15. The number of thiophene rings is 1. The number of nitrogens with one attached hydrogen (secondary N) is 1. The van der Waals surface area contributed by atoms with E-state index in [-0.39, 0.29) is 11.4 Å². The van der Waals surface area contributed by atoms with Crippen molar-refractivity contribution in [3.8, 4) is 16.3 Å². The highest BCUT2D eigenvalue weighted by molar-refractivity contribution is 7.14. The van der Waals surface area contributed by atoms with Crippen molar-refractivity contribution >= 4 is 28.6 Å². The maximum absolute atomic E-state index is 12.2. The van der Waals surface area contributed by atoms with Crippen molar-refractivity contribution in [1.29, 1.82) is 0 Å². The average Bonchev–Trinajstić information content (AvgIpc) is 3.25. The molecule has 122 valence electrons. The van der Waals surface area contributed by atoms with Gasteiger partial charge in [-0.05, 0) is 37.4 Å². The van der Waals surface area contributed by atoms with Gasteiger partial charge in [-0.25, -0.2) is 9.50 Å². The molecule has 0 amide bonds. The van der Waals surface area contributed by atoms with Crippen molar-refractivity contribution in [2.75, 3.05) is 0 Å². The Hall–Kier alpha value is -2.31. The van der Waals surface area contributed by atoms with Crippen LogP contribution in [0.15, 0.2) is 40.5 Å². The van der Waals surface area contributed by atoms with E-state index >= 15 is 0 Å². The number of fused-ring (bicyclic) bond motifs is 1. The second kappa shape index (κ2) is 5.65. The van der Waals surface area contributed by atoms with Gasteiger partial charge in [-0.15, -0.1) is 22.9 Å². The molecule has 4 rings (SSSR count). The number of aromatic nitrogens is 4. The topological polar surface area (TPSA) is 55.1 Å². The van der Waals surface area contributed by atoms with E-state index in [0.717, 1.165) is 16.3 Å². The van der Waals surface area contributed by atoms with Crippen molar-refractivity contribution in [3.63, 3.8) is 0 Å². The first-order valence-corrected chi connectivity index (χ1v) is 8.91. The first-order valence-electron chi connectivity index (χ1n) is 7.49. The molecule has 0 fully saturated rings. The Bertz CT molecular complexity index is 1080. The summed E-state index contributed by atoms with van der Waals surface area (Å²) in [6.45, 7) is 4.16. The molecule has 0 aliphatic carbocycles. The lowest BCUT2D eigenvalue weighted by atomic mass is 10.3. The summed E-state index contributed by atoms with van der Waals surface area (Å²) in [6, 6.07) is 9.63. The zero-order valence-corrected chi connectivity index (χ0v) is 14.8. The fraction of sp³-hybridized carbons (Fsp3) is 0.176. The third kappa shape index (κ3) is 2.30. The van der Waals surface area contributed by atoms with Crippen molar-refractivity contribution in [1.82, 2.24) is 19.2 Å². The van der Waals surface area contributed by atoms with Crippen LogP contribution in [-0.2, 0) is 5.88 Å². The molecule has 24 heavy (non-hydrogen) atoms. The van der Waals surface area contributed by atoms with Crippen molar-refractivity contribution < 1.29 is 0 Å². The zero-order chi connectivity index (χ0) is 16.8. The number of aryl methyl sites for hydroxylation is 2. The Labute approximate surface area is 147 Å². The van der Waals surface area contributed by atoms with Crippen LogP contribution in [0.1, 0.15) is 17.1 Å². The molecule has 0 unspecified atom stereocenters. The molecule has 4 heterocycles. The highest BCUT2D eigenvalue weighted by atomic mass is 35.5. The maximum Gasteiger partial charge on any atom is 0.272 e. The van der Waals surface area contributed by atoms with Gasteiger partial charge >= 0.3 is 0 Å². The molecule has 0 aromatic carbocycles. The number of rotatable bonds is 3. The van der Waals surface area contributed by atoms with E-state index < -0.39 is 0 Å². The van der Waals surface area contributed by atoms with Crippen LogP contribution >= 0.6 is 22.9 Å². The van der Waals surface area contributed by atoms with Crippen molar-refractivity contribution in [2.45, 2.75) is 19.7 Å². The third-order valence-electron chi connectivity index (χ3n) is 4.04. The Morgan fingerprint density at radius 2 is 1.96 bits per heavy atom. The minimum atomic E-state index is -0.159. The summed E-state index contributed by atoms with van der Waals surface area (Å²) in [7, 11) is 0. The zero-order valence-electron chi connectivity index (χ0n) is 13.2. The second-order valence-corrected chi connectivity index (χ2v) is 6.85. The Morgan fingerprint density at radius 3 is 2.67 bits per heavy atom. The number of alkyl halides is 1. The number of hydrogen-bond acceptors (Lipinski definition) is 3. The number of halogens is 1. The van der Waals surface area contributed by atoms with Gasteiger partial charge in [0.2, 0.25) is 0 Å². The molecule has 0 saturated carbocycles. The number of hydrogen-bond donors (Lipinski definition) is 1. The fourth-order valence-corrected chi connectivity index (χ4v) is 3.94. The monoisotopic (exact) mass is 358 g/mol. The fourth-order valence-electron chi connectivity index (χ4n) is 2.95. The Kier molecular flexibility index (Phi) is 3.58. The van der Waals surface area contributed by atoms with E-state index in [1.165, 1.54) is 22.0 Å². The summed E-state index contributed by atoms with van der Waals surface area (Å²) in [5.41, 5.74) is 5.30. The van der Waals surface area contributed by atoms with Crippen LogP contribution in [0.2, 0.25) is 0 Å². The largest absolute Gasteiger partial charge is 0.317 e. The van der Waals surface area contributed by atoms with E-state index in [2.05, 4.69) is 52.1 Å². The lowest BCUT2D eigenvalue weighted by Crippen LogP contribution is -2.14. The smallest absolute Gasteiger partial charge is 0.272 e. The molecule has 7 heteroatoms. The van der Waals surface area contributed by atoms with Crippen LogP contribution in [0.3, 0.4) is 0 Å².